The molecule has 0 bridgehead atoms. The Labute approximate surface area is 139 Å². The van der Waals surface area contributed by atoms with Crippen LogP contribution in [0.2, 0.25) is 0 Å². The van der Waals surface area contributed by atoms with Gasteiger partial charge in [0.05, 0.1) is 12.1 Å². The molecule has 5 heteroatoms. The van der Waals surface area contributed by atoms with Crippen LogP contribution in [0, 0.1) is 5.92 Å². The molecule has 2 aromatic rings. The highest BCUT2D eigenvalue weighted by Gasteiger charge is 2.34. The minimum atomic E-state index is -0.218. The van der Waals surface area contributed by atoms with Gasteiger partial charge in [-0.15, -0.1) is 0 Å². The van der Waals surface area contributed by atoms with E-state index in [0.717, 1.165) is 28.8 Å². The average Bonchev–Trinajstić information content (AvgIpc) is 3.25. The van der Waals surface area contributed by atoms with Crippen molar-refractivity contribution in [3.63, 3.8) is 0 Å². The zero-order chi connectivity index (χ0) is 16.5. The number of hydrogen-bond acceptors (Lipinski definition) is 2. The lowest BCUT2D eigenvalue weighted by Gasteiger charge is -2.18. The molecule has 2 heterocycles. The van der Waals surface area contributed by atoms with Crippen molar-refractivity contribution in [2.24, 2.45) is 5.92 Å². The summed E-state index contributed by atoms with van der Waals surface area (Å²) >= 11 is 0. The number of anilines is 1. The number of nitrogens with zero attached hydrogens (tertiary/aromatic N) is 2. The third-order valence-electron chi connectivity index (χ3n) is 4.70. The number of benzene rings is 1. The molecule has 1 N–H and O–H groups in total. The molecular formula is C19H18FN3O. The number of rotatable bonds is 3. The van der Waals surface area contributed by atoms with E-state index in [-0.39, 0.29) is 17.7 Å². The number of aromatic nitrogens is 2. The number of carbonyl (C=O) groups is 1. The van der Waals surface area contributed by atoms with E-state index in [1.807, 2.05) is 36.5 Å². The third kappa shape index (κ3) is 2.66. The molecule has 1 aliphatic heterocycles. The van der Waals surface area contributed by atoms with Crippen LogP contribution in [0.1, 0.15) is 19.3 Å². The molecule has 1 saturated heterocycles. The van der Waals surface area contributed by atoms with Gasteiger partial charge >= 0.3 is 0 Å². The molecule has 1 fully saturated rings. The second kappa shape index (κ2) is 6.07. The summed E-state index contributed by atoms with van der Waals surface area (Å²) in [5, 5.41) is 6.74. The van der Waals surface area contributed by atoms with Gasteiger partial charge in [0.1, 0.15) is 5.83 Å². The number of hydrogen-bond donors (Lipinski definition) is 1. The van der Waals surface area contributed by atoms with Gasteiger partial charge in [0.25, 0.3) is 0 Å². The zero-order valence-corrected chi connectivity index (χ0v) is 13.2. The summed E-state index contributed by atoms with van der Waals surface area (Å²) in [6.07, 6.45) is 9.00. The van der Waals surface area contributed by atoms with Crippen LogP contribution >= 0.6 is 0 Å². The molecule has 1 aliphatic carbocycles. The summed E-state index contributed by atoms with van der Waals surface area (Å²) in [6, 6.07) is 7.88. The van der Waals surface area contributed by atoms with Gasteiger partial charge in [-0.1, -0.05) is 18.2 Å². The lowest BCUT2D eigenvalue weighted by Crippen LogP contribution is -2.27. The summed E-state index contributed by atoms with van der Waals surface area (Å²) in [5.74, 6) is -0.281. The highest BCUT2D eigenvalue weighted by atomic mass is 19.1. The van der Waals surface area contributed by atoms with Crippen molar-refractivity contribution in [1.29, 1.82) is 0 Å². The molecule has 1 aromatic heterocycles. The fourth-order valence-corrected chi connectivity index (χ4v) is 3.42. The van der Waals surface area contributed by atoms with E-state index in [9.17, 15) is 9.18 Å². The predicted octanol–water partition coefficient (Wildman–Crippen LogP) is 4.00. The standard InChI is InChI=1S/C19H18FN3O/c20-16-3-1-2-14(10-16)18-8-9-23(19(18)24)17-6-4-13(5-7-17)15-11-21-22-12-15/h2,4-7,10-12,18H,1,3,8-9H2,(H,21,22). The quantitative estimate of drug-likeness (QED) is 0.928. The van der Waals surface area contributed by atoms with Gasteiger partial charge < -0.3 is 4.90 Å². The smallest absolute Gasteiger partial charge is 0.234 e. The largest absolute Gasteiger partial charge is 0.312 e. The van der Waals surface area contributed by atoms with Crippen LogP contribution in [-0.2, 0) is 4.79 Å². The highest BCUT2D eigenvalue weighted by molar-refractivity contribution is 5.99. The molecule has 24 heavy (non-hydrogen) atoms. The molecule has 1 unspecified atom stereocenters. The zero-order valence-electron chi connectivity index (χ0n) is 13.2. The molecule has 0 radical (unpaired) electrons. The Morgan fingerprint density at radius 1 is 1.21 bits per heavy atom. The van der Waals surface area contributed by atoms with Crippen LogP contribution in [0.5, 0.6) is 0 Å². The molecule has 122 valence electrons. The fraction of sp³-hybridized carbons (Fsp3) is 0.263. The lowest BCUT2D eigenvalue weighted by molar-refractivity contribution is -0.119. The Hall–Kier alpha value is -2.69. The van der Waals surface area contributed by atoms with E-state index < -0.39 is 0 Å². The van der Waals surface area contributed by atoms with Gasteiger partial charge in [-0.05, 0) is 42.2 Å². The molecule has 4 nitrogen and oxygen atoms in total. The normalized spacial score (nSPS) is 21.0. The minimum absolute atomic E-state index is 0.0586. The second-order valence-corrected chi connectivity index (χ2v) is 6.20. The van der Waals surface area contributed by atoms with Gasteiger partial charge in [-0.25, -0.2) is 4.39 Å². The minimum Gasteiger partial charge on any atom is -0.312 e. The van der Waals surface area contributed by atoms with Gasteiger partial charge in [0, 0.05) is 30.4 Å². The fourth-order valence-electron chi connectivity index (χ4n) is 3.42. The van der Waals surface area contributed by atoms with E-state index in [0.29, 0.717) is 19.4 Å². The first-order valence-corrected chi connectivity index (χ1v) is 8.19. The van der Waals surface area contributed by atoms with E-state index in [1.54, 1.807) is 11.1 Å². The summed E-state index contributed by atoms with van der Waals surface area (Å²) in [4.78, 5) is 14.5. The Kier molecular flexibility index (Phi) is 3.76. The maximum atomic E-state index is 13.5. The van der Waals surface area contributed by atoms with Crippen LogP contribution < -0.4 is 4.90 Å². The Bertz CT molecular complexity index is 806. The predicted molar refractivity (Wildman–Crippen MR) is 91.0 cm³/mol. The summed E-state index contributed by atoms with van der Waals surface area (Å²) < 4.78 is 13.5. The summed E-state index contributed by atoms with van der Waals surface area (Å²) in [7, 11) is 0. The van der Waals surface area contributed by atoms with Crippen LogP contribution in [0.3, 0.4) is 0 Å². The lowest BCUT2D eigenvalue weighted by atomic mass is 9.92. The molecule has 1 amide bonds. The Morgan fingerprint density at radius 3 is 2.75 bits per heavy atom. The monoisotopic (exact) mass is 323 g/mol. The Morgan fingerprint density at radius 2 is 2.04 bits per heavy atom. The molecule has 4 rings (SSSR count). The summed E-state index contributed by atoms with van der Waals surface area (Å²) in [6.45, 7) is 0.668. The van der Waals surface area contributed by atoms with Crippen LogP contribution in [0.25, 0.3) is 11.1 Å². The van der Waals surface area contributed by atoms with E-state index in [1.165, 1.54) is 6.08 Å². The average molecular weight is 323 g/mol. The van der Waals surface area contributed by atoms with Crippen molar-refractivity contribution in [3.05, 3.63) is 60.2 Å². The number of carbonyl (C=O) groups excluding carboxylic acids is 1. The highest BCUT2D eigenvalue weighted by Crippen LogP contribution is 2.34. The molecule has 1 aromatic carbocycles. The maximum absolute atomic E-state index is 13.5. The van der Waals surface area contributed by atoms with E-state index in [4.69, 9.17) is 0 Å². The molecule has 0 saturated carbocycles. The molecule has 2 aliphatic rings. The van der Waals surface area contributed by atoms with Crippen molar-refractivity contribution in [2.75, 3.05) is 11.4 Å². The van der Waals surface area contributed by atoms with Gasteiger partial charge in [-0.2, -0.15) is 5.10 Å². The molecule has 0 spiro atoms. The number of allylic oxidation sites excluding steroid dienone is 3. The molecule has 1 atom stereocenters. The SMILES string of the molecule is O=C1C(C2=CCCC(F)=C2)CCN1c1ccc(-c2cn[nH]c2)cc1. The Balaban J connectivity index is 1.53. The second-order valence-electron chi connectivity index (χ2n) is 6.20. The third-order valence-corrected chi connectivity index (χ3v) is 4.70. The molecular weight excluding hydrogens is 305 g/mol. The number of H-pyrrole nitrogens is 1. The van der Waals surface area contributed by atoms with Crippen molar-refractivity contribution < 1.29 is 9.18 Å². The van der Waals surface area contributed by atoms with Crippen molar-refractivity contribution in [3.8, 4) is 11.1 Å². The first-order valence-electron chi connectivity index (χ1n) is 8.19. The number of aromatic amines is 1. The number of halogens is 1. The van der Waals surface area contributed by atoms with Gasteiger partial charge in [-0.3, -0.25) is 9.89 Å². The first-order chi connectivity index (χ1) is 11.7. The number of amides is 1. The van der Waals surface area contributed by atoms with Crippen molar-refractivity contribution in [1.82, 2.24) is 10.2 Å². The van der Waals surface area contributed by atoms with E-state index >= 15 is 0 Å². The summed E-state index contributed by atoms with van der Waals surface area (Å²) in [5.41, 5.74) is 3.78. The van der Waals surface area contributed by atoms with Crippen LogP contribution in [-0.4, -0.2) is 22.6 Å². The van der Waals surface area contributed by atoms with E-state index in [2.05, 4.69) is 10.2 Å². The number of nitrogens with one attached hydrogen (secondary N) is 1. The van der Waals surface area contributed by atoms with Crippen LogP contribution in [0.15, 0.2) is 60.2 Å². The topological polar surface area (TPSA) is 49.0 Å². The van der Waals surface area contributed by atoms with Crippen molar-refractivity contribution in [2.45, 2.75) is 19.3 Å². The van der Waals surface area contributed by atoms with Gasteiger partial charge in [0.15, 0.2) is 0 Å². The maximum Gasteiger partial charge on any atom is 0.234 e. The van der Waals surface area contributed by atoms with Crippen LogP contribution in [0.4, 0.5) is 10.1 Å². The van der Waals surface area contributed by atoms with Gasteiger partial charge in [0.2, 0.25) is 5.91 Å². The first kappa shape index (κ1) is 14.9. The van der Waals surface area contributed by atoms with Crippen molar-refractivity contribution >= 4 is 11.6 Å².